The van der Waals surface area contributed by atoms with E-state index in [-0.39, 0.29) is 5.60 Å². The van der Waals surface area contributed by atoms with E-state index in [4.69, 9.17) is 15.6 Å². The van der Waals surface area contributed by atoms with E-state index in [9.17, 15) is 0 Å². The lowest BCUT2D eigenvalue weighted by molar-refractivity contribution is 0.0901. The molecule has 150 valence electrons. The molecule has 1 aromatic heterocycles. The predicted molar refractivity (Wildman–Crippen MR) is 118 cm³/mol. The molecule has 0 saturated heterocycles. The Morgan fingerprint density at radius 1 is 1.17 bits per heavy atom. The van der Waals surface area contributed by atoms with Gasteiger partial charge in [-0.05, 0) is 62.4 Å². The molecule has 0 aliphatic carbocycles. The third-order valence-electron chi connectivity index (χ3n) is 6.60. The van der Waals surface area contributed by atoms with E-state index in [1.54, 1.807) is 0 Å². The van der Waals surface area contributed by atoms with Crippen LogP contribution in [0.2, 0.25) is 0 Å². The molecule has 1 unspecified atom stereocenters. The molecule has 5 nitrogen and oxygen atoms in total. The monoisotopic (exact) mass is 388 g/mol. The smallest absolute Gasteiger partial charge is 0.130 e. The lowest BCUT2D eigenvalue weighted by Gasteiger charge is -2.24. The minimum absolute atomic E-state index is 0.335. The molecule has 0 radical (unpaired) electrons. The quantitative estimate of drug-likeness (QED) is 0.652. The zero-order valence-corrected chi connectivity index (χ0v) is 17.6. The minimum atomic E-state index is -0.335. The fourth-order valence-corrected chi connectivity index (χ4v) is 4.80. The largest absolute Gasteiger partial charge is 0.485 e. The molecule has 3 heterocycles. The summed E-state index contributed by atoms with van der Waals surface area (Å²) in [6.07, 6.45) is 3.98. The molecule has 0 saturated carbocycles. The van der Waals surface area contributed by atoms with Crippen molar-refractivity contribution < 1.29 is 4.74 Å². The summed E-state index contributed by atoms with van der Waals surface area (Å²) in [5, 5.41) is 8.39. The number of hydrogen-bond donors (Lipinski definition) is 2. The first-order valence-corrected chi connectivity index (χ1v) is 10.3. The molecule has 0 bridgehead atoms. The van der Waals surface area contributed by atoms with Gasteiger partial charge in [-0.25, -0.2) is 0 Å². The van der Waals surface area contributed by atoms with Crippen LogP contribution in [0, 0.1) is 20.8 Å². The van der Waals surface area contributed by atoms with Crippen molar-refractivity contribution in [2.75, 3.05) is 17.6 Å². The number of anilines is 2. The molecule has 2 aliphatic rings. The molecule has 0 amide bonds. The van der Waals surface area contributed by atoms with Crippen LogP contribution >= 0.6 is 0 Å². The molecule has 0 spiro atoms. The van der Waals surface area contributed by atoms with Gasteiger partial charge in [0.05, 0.1) is 12.2 Å². The van der Waals surface area contributed by atoms with Crippen molar-refractivity contribution in [2.24, 2.45) is 0 Å². The molecule has 29 heavy (non-hydrogen) atoms. The van der Waals surface area contributed by atoms with Crippen molar-refractivity contribution in [2.45, 2.75) is 52.7 Å². The summed E-state index contributed by atoms with van der Waals surface area (Å²) < 4.78 is 8.52. The molecule has 1 atom stereocenters. The Kier molecular flexibility index (Phi) is 3.92. The highest BCUT2D eigenvalue weighted by Gasteiger charge is 2.38. The summed E-state index contributed by atoms with van der Waals surface area (Å²) in [6.45, 7) is 10.1. The molecule has 3 aromatic rings. The van der Waals surface area contributed by atoms with Crippen LogP contribution in [0.5, 0.6) is 5.75 Å². The van der Waals surface area contributed by atoms with Gasteiger partial charge in [0, 0.05) is 41.7 Å². The Bertz CT molecular complexity index is 1090. The van der Waals surface area contributed by atoms with Gasteiger partial charge in [-0.2, -0.15) is 5.10 Å². The predicted octanol–water partition coefficient (Wildman–Crippen LogP) is 4.42. The Labute approximate surface area is 171 Å². The fraction of sp³-hybridized carbons (Fsp3) is 0.375. The average Bonchev–Trinajstić information content (AvgIpc) is 3.43. The molecule has 3 N–H and O–H groups in total. The average molecular weight is 389 g/mol. The van der Waals surface area contributed by atoms with Gasteiger partial charge in [-0.1, -0.05) is 18.2 Å². The number of benzene rings is 2. The van der Waals surface area contributed by atoms with Gasteiger partial charge in [0.1, 0.15) is 11.4 Å². The van der Waals surface area contributed by atoms with Crippen molar-refractivity contribution in [3.8, 4) is 17.0 Å². The maximum Gasteiger partial charge on any atom is 0.130 e. The van der Waals surface area contributed by atoms with Crippen molar-refractivity contribution >= 4 is 11.4 Å². The number of nitrogens with zero attached hydrogens (tertiary/aromatic N) is 2. The summed E-state index contributed by atoms with van der Waals surface area (Å²) in [5.41, 5.74) is 16.3. The fourth-order valence-electron chi connectivity index (χ4n) is 4.80. The highest BCUT2D eigenvalue weighted by molar-refractivity contribution is 5.79. The lowest BCUT2D eigenvalue weighted by atomic mass is 9.92. The van der Waals surface area contributed by atoms with Gasteiger partial charge in [0.15, 0.2) is 0 Å². The number of nitrogen functional groups attached to an aromatic ring is 1. The van der Waals surface area contributed by atoms with E-state index in [1.165, 1.54) is 22.4 Å². The van der Waals surface area contributed by atoms with Gasteiger partial charge in [0.25, 0.3) is 0 Å². The maximum absolute atomic E-state index is 6.51. The van der Waals surface area contributed by atoms with E-state index in [2.05, 4.69) is 63.5 Å². The van der Waals surface area contributed by atoms with Crippen molar-refractivity contribution in [3.63, 3.8) is 0 Å². The maximum atomic E-state index is 6.51. The third kappa shape index (κ3) is 2.79. The van der Waals surface area contributed by atoms with E-state index in [1.807, 2.05) is 4.68 Å². The van der Waals surface area contributed by atoms with Crippen LogP contribution in [0.25, 0.3) is 11.3 Å². The summed E-state index contributed by atoms with van der Waals surface area (Å²) in [5.74, 6) is 1.01. The molecule has 2 aromatic carbocycles. The van der Waals surface area contributed by atoms with E-state index >= 15 is 0 Å². The van der Waals surface area contributed by atoms with Crippen LogP contribution in [-0.2, 0) is 19.4 Å². The number of hydrogen-bond acceptors (Lipinski definition) is 4. The Morgan fingerprint density at radius 3 is 2.83 bits per heavy atom. The second kappa shape index (κ2) is 6.28. The van der Waals surface area contributed by atoms with Gasteiger partial charge in [-0.3, -0.25) is 4.68 Å². The standard InChI is InChI=1S/C24H28N4O/c1-14-15(2)23-19(16(3)21(14)25)12-24(4,29-23)13-28-11-9-20(27-28)18-7-5-6-17-8-10-26-22(17)18/h5-7,9,11,26H,8,10,12-13,25H2,1-4H3. The molecular formula is C24H28N4O. The van der Waals surface area contributed by atoms with Crippen molar-refractivity contribution in [3.05, 3.63) is 58.3 Å². The van der Waals surface area contributed by atoms with E-state index in [0.717, 1.165) is 53.2 Å². The van der Waals surface area contributed by atoms with Crippen LogP contribution in [-0.4, -0.2) is 21.9 Å². The number of rotatable bonds is 3. The number of aromatic nitrogens is 2. The van der Waals surface area contributed by atoms with Crippen molar-refractivity contribution in [1.82, 2.24) is 9.78 Å². The van der Waals surface area contributed by atoms with Gasteiger partial charge in [-0.15, -0.1) is 0 Å². The zero-order chi connectivity index (χ0) is 20.3. The summed E-state index contributed by atoms with van der Waals surface area (Å²) in [6, 6.07) is 8.56. The van der Waals surface area contributed by atoms with Crippen molar-refractivity contribution in [1.29, 1.82) is 0 Å². The van der Waals surface area contributed by atoms with Gasteiger partial charge < -0.3 is 15.8 Å². The second-order valence-electron chi connectivity index (χ2n) is 8.74. The number of para-hydroxylation sites is 1. The van der Waals surface area contributed by atoms with E-state index < -0.39 is 0 Å². The van der Waals surface area contributed by atoms with Crippen LogP contribution in [0.4, 0.5) is 11.4 Å². The summed E-state index contributed by atoms with van der Waals surface area (Å²) in [7, 11) is 0. The first kappa shape index (κ1) is 18.1. The van der Waals surface area contributed by atoms with E-state index in [0.29, 0.717) is 6.54 Å². The van der Waals surface area contributed by atoms with Crippen LogP contribution in [0.15, 0.2) is 30.5 Å². The zero-order valence-electron chi connectivity index (χ0n) is 17.6. The Balaban J connectivity index is 1.43. The SMILES string of the molecule is Cc1c(C)c2c(c(C)c1N)CC(C)(Cn1ccc(-c3cccc4c3NCC4)n1)O2. The lowest BCUT2D eigenvalue weighted by Crippen LogP contribution is -2.36. The number of nitrogens with two attached hydrogens (primary N) is 1. The number of fused-ring (bicyclic) bond motifs is 2. The first-order chi connectivity index (χ1) is 13.9. The van der Waals surface area contributed by atoms with Crippen LogP contribution < -0.4 is 15.8 Å². The number of ether oxygens (including phenoxy) is 1. The summed E-state index contributed by atoms with van der Waals surface area (Å²) >= 11 is 0. The molecule has 5 rings (SSSR count). The van der Waals surface area contributed by atoms with Crippen LogP contribution in [0.3, 0.4) is 0 Å². The first-order valence-electron chi connectivity index (χ1n) is 10.3. The number of nitrogens with one attached hydrogen (secondary N) is 1. The highest BCUT2D eigenvalue weighted by Crippen LogP contribution is 2.44. The topological polar surface area (TPSA) is 65.1 Å². The molecule has 5 heteroatoms. The minimum Gasteiger partial charge on any atom is -0.485 e. The molecule has 2 aliphatic heterocycles. The Morgan fingerprint density at radius 2 is 2.00 bits per heavy atom. The normalized spacial score (nSPS) is 19.6. The molecule has 0 fully saturated rings. The highest BCUT2D eigenvalue weighted by atomic mass is 16.5. The van der Waals surface area contributed by atoms with Gasteiger partial charge >= 0.3 is 0 Å². The molecular weight excluding hydrogens is 360 g/mol. The van der Waals surface area contributed by atoms with Crippen LogP contribution in [0.1, 0.15) is 34.7 Å². The Hall–Kier alpha value is -2.95. The summed E-state index contributed by atoms with van der Waals surface area (Å²) in [4.78, 5) is 0. The third-order valence-corrected chi connectivity index (χ3v) is 6.60. The van der Waals surface area contributed by atoms with Gasteiger partial charge in [0.2, 0.25) is 0 Å². The second-order valence-corrected chi connectivity index (χ2v) is 8.74.